The summed E-state index contributed by atoms with van der Waals surface area (Å²) in [6.07, 6.45) is 1.26. The maximum atomic E-state index is 13.7. The Morgan fingerprint density at radius 2 is 1.67 bits per heavy atom. The third-order valence-corrected chi connectivity index (χ3v) is 5.46. The summed E-state index contributed by atoms with van der Waals surface area (Å²) < 4.78 is 20.0. The summed E-state index contributed by atoms with van der Waals surface area (Å²) in [4.78, 5) is 36.5. The van der Waals surface area contributed by atoms with E-state index in [1.165, 1.54) is 24.4 Å². The molecule has 3 amide bonds. The van der Waals surface area contributed by atoms with Gasteiger partial charge in [-0.25, -0.2) is 9.82 Å². The molecule has 0 atom stereocenters. The Labute approximate surface area is 216 Å². The molecule has 0 unspecified atom stereocenters. The van der Waals surface area contributed by atoms with Gasteiger partial charge in [-0.05, 0) is 62.2 Å². The summed E-state index contributed by atoms with van der Waals surface area (Å²) in [5.41, 5.74) is 6.14. The van der Waals surface area contributed by atoms with Crippen LogP contribution in [0.3, 0.4) is 0 Å². The molecule has 36 heavy (non-hydrogen) atoms. The zero-order chi connectivity index (χ0) is 26.2. The SMILES string of the molecule is Cc1cc(C)c(NC(=O)COc2ccc(Br)cc2/C=N\NC(=O)C(=O)Nc2ccccc2F)c(C)c1. The Balaban J connectivity index is 1.61. The van der Waals surface area contributed by atoms with Crippen LogP contribution in [0.1, 0.15) is 22.3 Å². The number of para-hydroxylation sites is 1. The van der Waals surface area contributed by atoms with E-state index in [9.17, 15) is 18.8 Å². The van der Waals surface area contributed by atoms with Crippen molar-refractivity contribution in [2.75, 3.05) is 17.2 Å². The molecule has 0 fully saturated rings. The number of benzene rings is 3. The Bertz CT molecular complexity index is 1320. The van der Waals surface area contributed by atoms with E-state index in [4.69, 9.17) is 4.74 Å². The minimum absolute atomic E-state index is 0.126. The number of nitrogens with one attached hydrogen (secondary N) is 3. The zero-order valence-electron chi connectivity index (χ0n) is 19.8. The first-order chi connectivity index (χ1) is 17.1. The maximum Gasteiger partial charge on any atom is 0.329 e. The van der Waals surface area contributed by atoms with Crippen LogP contribution in [0.4, 0.5) is 15.8 Å². The van der Waals surface area contributed by atoms with Crippen LogP contribution in [0, 0.1) is 26.6 Å². The third kappa shape index (κ3) is 7.22. The fourth-order valence-electron chi connectivity index (χ4n) is 3.40. The van der Waals surface area contributed by atoms with Gasteiger partial charge in [-0.3, -0.25) is 14.4 Å². The first kappa shape index (κ1) is 26.6. The van der Waals surface area contributed by atoms with Crippen molar-refractivity contribution in [3.8, 4) is 5.75 Å². The van der Waals surface area contributed by atoms with Crippen molar-refractivity contribution in [3.63, 3.8) is 0 Å². The van der Waals surface area contributed by atoms with Crippen LogP contribution in [0.15, 0.2) is 64.2 Å². The number of nitrogens with zero attached hydrogens (tertiary/aromatic N) is 1. The number of amides is 3. The number of hydrazone groups is 1. The van der Waals surface area contributed by atoms with E-state index in [-0.39, 0.29) is 18.2 Å². The lowest BCUT2D eigenvalue weighted by Gasteiger charge is -2.14. The monoisotopic (exact) mass is 554 g/mol. The molecule has 0 bridgehead atoms. The van der Waals surface area contributed by atoms with Gasteiger partial charge in [0.05, 0.1) is 11.9 Å². The maximum absolute atomic E-state index is 13.7. The molecule has 3 rings (SSSR count). The zero-order valence-corrected chi connectivity index (χ0v) is 21.4. The Kier molecular flexibility index (Phi) is 8.91. The minimum Gasteiger partial charge on any atom is -0.483 e. The number of rotatable bonds is 7. The lowest BCUT2D eigenvalue weighted by molar-refractivity contribution is -0.136. The number of hydrogen-bond acceptors (Lipinski definition) is 5. The summed E-state index contributed by atoms with van der Waals surface area (Å²) in [7, 11) is 0. The van der Waals surface area contributed by atoms with Crippen molar-refractivity contribution < 1.29 is 23.5 Å². The smallest absolute Gasteiger partial charge is 0.329 e. The van der Waals surface area contributed by atoms with Crippen LogP contribution in [-0.4, -0.2) is 30.5 Å². The number of carbonyl (C=O) groups is 3. The predicted molar refractivity (Wildman–Crippen MR) is 140 cm³/mol. The van der Waals surface area contributed by atoms with Crippen LogP contribution in [0.5, 0.6) is 5.75 Å². The fourth-order valence-corrected chi connectivity index (χ4v) is 3.78. The summed E-state index contributed by atoms with van der Waals surface area (Å²) in [5.74, 6) is -2.85. The summed E-state index contributed by atoms with van der Waals surface area (Å²) in [6, 6.07) is 14.4. The van der Waals surface area contributed by atoms with Gasteiger partial charge in [-0.15, -0.1) is 0 Å². The molecule has 0 radical (unpaired) electrons. The average Bonchev–Trinajstić information content (AvgIpc) is 2.82. The highest BCUT2D eigenvalue weighted by Crippen LogP contribution is 2.23. The molecular weight excluding hydrogens is 531 g/mol. The standard InChI is InChI=1S/C26H24BrFN4O4/c1-15-10-16(2)24(17(3)11-15)31-23(33)14-36-22-9-8-19(27)12-18(22)13-29-32-26(35)25(34)30-21-7-5-4-6-20(21)28/h4-13H,14H2,1-3H3,(H,30,34)(H,31,33)(H,32,35)/b29-13-. The largest absolute Gasteiger partial charge is 0.483 e. The van der Waals surface area contributed by atoms with E-state index in [2.05, 4.69) is 37.1 Å². The fraction of sp³-hybridized carbons (Fsp3) is 0.154. The highest BCUT2D eigenvalue weighted by molar-refractivity contribution is 9.10. The highest BCUT2D eigenvalue weighted by Gasteiger charge is 2.15. The van der Waals surface area contributed by atoms with E-state index < -0.39 is 17.6 Å². The molecule has 3 aromatic carbocycles. The molecular formula is C26H24BrFN4O4. The first-order valence-electron chi connectivity index (χ1n) is 10.8. The van der Waals surface area contributed by atoms with Gasteiger partial charge >= 0.3 is 11.8 Å². The lowest BCUT2D eigenvalue weighted by Crippen LogP contribution is -2.32. The quantitative estimate of drug-likeness (QED) is 0.225. The second-order valence-corrected chi connectivity index (χ2v) is 8.84. The van der Waals surface area contributed by atoms with Crippen LogP contribution in [-0.2, 0) is 14.4 Å². The average molecular weight is 555 g/mol. The number of hydrogen-bond donors (Lipinski definition) is 3. The topological polar surface area (TPSA) is 109 Å². The second kappa shape index (κ2) is 12.1. The van der Waals surface area contributed by atoms with Gasteiger partial charge in [0, 0.05) is 15.7 Å². The summed E-state index contributed by atoms with van der Waals surface area (Å²) in [5, 5.41) is 8.81. The van der Waals surface area contributed by atoms with Crippen molar-refractivity contribution in [1.29, 1.82) is 0 Å². The minimum atomic E-state index is -1.09. The van der Waals surface area contributed by atoms with Crippen molar-refractivity contribution in [2.45, 2.75) is 20.8 Å². The van der Waals surface area contributed by atoms with E-state index in [0.717, 1.165) is 28.4 Å². The van der Waals surface area contributed by atoms with Crippen molar-refractivity contribution in [2.24, 2.45) is 5.10 Å². The van der Waals surface area contributed by atoms with Gasteiger partial charge < -0.3 is 15.4 Å². The number of aryl methyl sites for hydroxylation is 3. The van der Waals surface area contributed by atoms with E-state index in [0.29, 0.717) is 15.8 Å². The molecule has 0 spiro atoms. The molecule has 0 aliphatic carbocycles. The van der Waals surface area contributed by atoms with Gasteiger partial charge in [0.15, 0.2) is 6.61 Å². The predicted octanol–water partition coefficient (Wildman–Crippen LogP) is 4.62. The highest BCUT2D eigenvalue weighted by atomic mass is 79.9. The van der Waals surface area contributed by atoms with Gasteiger partial charge in [-0.2, -0.15) is 5.10 Å². The van der Waals surface area contributed by atoms with Gasteiger partial charge in [-0.1, -0.05) is 45.8 Å². The number of anilines is 2. The molecule has 8 nitrogen and oxygen atoms in total. The lowest BCUT2D eigenvalue weighted by atomic mass is 10.1. The van der Waals surface area contributed by atoms with E-state index in [1.54, 1.807) is 18.2 Å². The Hall–Kier alpha value is -4.05. The molecule has 0 saturated heterocycles. The molecule has 186 valence electrons. The van der Waals surface area contributed by atoms with Crippen molar-refractivity contribution >= 4 is 51.2 Å². The molecule has 3 N–H and O–H groups in total. The molecule has 0 aliphatic rings. The van der Waals surface area contributed by atoms with E-state index in [1.807, 2.05) is 32.9 Å². The van der Waals surface area contributed by atoms with Crippen molar-refractivity contribution in [3.05, 3.63) is 87.1 Å². The van der Waals surface area contributed by atoms with E-state index >= 15 is 0 Å². The van der Waals surface area contributed by atoms with Gasteiger partial charge in [0.25, 0.3) is 5.91 Å². The second-order valence-electron chi connectivity index (χ2n) is 7.93. The van der Waals surface area contributed by atoms with Gasteiger partial charge in [0.2, 0.25) is 0 Å². The molecule has 10 heteroatoms. The molecule has 0 heterocycles. The number of carbonyl (C=O) groups excluding carboxylic acids is 3. The first-order valence-corrected chi connectivity index (χ1v) is 11.6. The van der Waals surface area contributed by atoms with Crippen LogP contribution < -0.4 is 20.8 Å². The van der Waals surface area contributed by atoms with Crippen LogP contribution in [0.2, 0.25) is 0 Å². The van der Waals surface area contributed by atoms with Crippen LogP contribution >= 0.6 is 15.9 Å². The normalized spacial score (nSPS) is 10.7. The van der Waals surface area contributed by atoms with Crippen LogP contribution in [0.25, 0.3) is 0 Å². The number of halogens is 2. The van der Waals surface area contributed by atoms with Crippen molar-refractivity contribution in [1.82, 2.24) is 5.43 Å². The number of ether oxygens (including phenoxy) is 1. The molecule has 0 aromatic heterocycles. The Morgan fingerprint density at radius 1 is 0.972 bits per heavy atom. The van der Waals surface area contributed by atoms with Gasteiger partial charge in [0.1, 0.15) is 11.6 Å². The summed E-state index contributed by atoms with van der Waals surface area (Å²) in [6.45, 7) is 5.57. The summed E-state index contributed by atoms with van der Waals surface area (Å²) >= 11 is 3.35. The molecule has 0 aliphatic heterocycles. The molecule has 0 saturated carbocycles. The Morgan fingerprint density at radius 3 is 2.36 bits per heavy atom. The third-order valence-electron chi connectivity index (χ3n) is 4.97. The molecule has 3 aromatic rings.